The summed E-state index contributed by atoms with van der Waals surface area (Å²) < 4.78 is 19.1. The first-order valence-electron chi connectivity index (χ1n) is 8.95. The Balaban J connectivity index is 1.59. The van der Waals surface area contributed by atoms with Gasteiger partial charge in [-0.05, 0) is 49.1 Å². The highest BCUT2D eigenvalue weighted by Crippen LogP contribution is 2.50. The van der Waals surface area contributed by atoms with E-state index < -0.39 is 17.3 Å². The molecule has 2 fully saturated rings. The van der Waals surface area contributed by atoms with Crippen molar-refractivity contribution in [3.63, 3.8) is 0 Å². The summed E-state index contributed by atoms with van der Waals surface area (Å²) in [5.74, 6) is -0.732. The van der Waals surface area contributed by atoms with E-state index in [1.54, 1.807) is 7.11 Å². The summed E-state index contributed by atoms with van der Waals surface area (Å²) in [5, 5.41) is 2.83. The molecule has 0 spiro atoms. The van der Waals surface area contributed by atoms with Gasteiger partial charge in [0.15, 0.2) is 0 Å². The van der Waals surface area contributed by atoms with Crippen LogP contribution in [0.15, 0.2) is 42.6 Å². The molecule has 2 heterocycles. The molecule has 0 unspecified atom stereocenters. The van der Waals surface area contributed by atoms with Crippen LogP contribution < -0.4 is 4.74 Å². The zero-order valence-corrected chi connectivity index (χ0v) is 15.0. The van der Waals surface area contributed by atoms with Crippen LogP contribution in [-0.2, 0) is 10.2 Å². The number of hydrazine groups is 1. The molecule has 0 radical (unpaired) electrons. The Morgan fingerprint density at radius 2 is 1.81 bits per heavy atom. The lowest BCUT2D eigenvalue weighted by Crippen LogP contribution is -2.49. The molecule has 1 aliphatic heterocycles. The Hall–Kier alpha value is -2.96. The predicted octanol–water partition coefficient (Wildman–Crippen LogP) is 2.55. The van der Waals surface area contributed by atoms with Crippen molar-refractivity contribution in [1.82, 2.24) is 15.0 Å². The van der Waals surface area contributed by atoms with Gasteiger partial charge in [-0.2, -0.15) is 4.39 Å². The minimum absolute atomic E-state index is 0.109. The van der Waals surface area contributed by atoms with E-state index in [0.29, 0.717) is 19.5 Å². The summed E-state index contributed by atoms with van der Waals surface area (Å²) in [6.45, 7) is 0.835. The summed E-state index contributed by atoms with van der Waals surface area (Å²) in [4.78, 5) is 29.6. The number of hydrogen-bond acceptors (Lipinski definition) is 4. The Kier molecular flexibility index (Phi) is 4.30. The molecule has 1 saturated carbocycles. The Morgan fingerprint density at radius 3 is 2.44 bits per heavy atom. The predicted molar refractivity (Wildman–Crippen MR) is 95.5 cm³/mol. The lowest BCUT2D eigenvalue weighted by Gasteiger charge is -2.31. The van der Waals surface area contributed by atoms with E-state index in [1.165, 1.54) is 28.3 Å². The van der Waals surface area contributed by atoms with E-state index >= 15 is 0 Å². The van der Waals surface area contributed by atoms with Crippen LogP contribution in [0.25, 0.3) is 0 Å². The number of amides is 2. The van der Waals surface area contributed by atoms with Gasteiger partial charge in [0.05, 0.1) is 18.1 Å². The van der Waals surface area contributed by atoms with Crippen LogP contribution in [0.4, 0.5) is 4.39 Å². The van der Waals surface area contributed by atoms with E-state index in [1.807, 2.05) is 24.3 Å². The number of aromatic nitrogens is 1. The largest absolute Gasteiger partial charge is 0.497 e. The Morgan fingerprint density at radius 1 is 1.11 bits per heavy atom. The number of nitrogens with zero attached hydrogens (tertiary/aromatic N) is 3. The molecule has 7 heteroatoms. The molecule has 2 amide bonds. The maximum atomic E-state index is 13.9. The molecule has 0 bridgehead atoms. The summed E-state index contributed by atoms with van der Waals surface area (Å²) in [7, 11) is 1.60. The number of rotatable bonds is 4. The van der Waals surface area contributed by atoms with Crippen LogP contribution in [0.1, 0.15) is 35.2 Å². The second kappa shape index (κ2) is 6.64. The van der Waals surface area contributed by atoms with E-state index in [0.717, 1.165) is 24.2 Å². The van der Waals surface area contributed by atoms with Crippen molar-refractivity contribution in [2.45, 2.75) is 24.7 Å². The smallest absolute Gasteiger partial charge is 0.277 e. The molecule has 27 heavy (non-hydrogen) atoms. The van der Waals surface area contributed by atoms with Crippen molar-refractivity contribution in [3.8, 4) is 5.75 Å². The third-order valence-electron chi connectivity index (χ3n) is 5.29. The molecule has 4 rings (SSSR count). The molecule has 1 aromatic carbocycles. The van der Waals surface area contributed by atoms with Crippen molar-refractivity contribution in [2.24, 2.45) is 0 Å². The van der Waals surface area contributed by atoms with Crippen molar-refractivity contribution in [1.29, 1.82) is 0 Å². The first kappa shape index (κ1) is 17.5. The molecular formula is C20H20FN3O3. The molecule has 2 aromatic rings. The molecule has 1 saturated heterocycles. The molecule has 0 atom stereocenters. The average Bonchev–Trinajstić information content (AvgIpc) is 3.37. The highest BCUT2D eigenvalue weighted by atomic mass is 19.1. The first-order chi connectivity index (χ1) is 13.1. The monoisotopic (exact) mass is 369 g/mol. The van der Waals surface area contributed by atoms with Gasteiger partial charge in [0.2, 0.25) is 5.95 Å². The van der Waals surface area contributed by atoms with Crippen LogP contribution in [0.2, 0.25) is 0 Å². The molecule has 1 aliphatic carbocycles. The first-order valence-corrected chi connectivity index (χ1v) is 8.95. The number of hydrogen-bond donors (Lipinski definition) is 0. The van der Waals surface area contributed by atoms with Crippen LogP contribution in [-0.4, -0.2) is 47.0 Å². The third kappa shape index (κ3) is 2.93. The number of carbonyl (C=O) groups excluding carboxylic acids is 2. The maximum Gasteiger partial charge on any atom is 0.277 e. The highest BCUT2D eigenvalue weighted by Gasteiger charge is 2.55. The van der Waals surface area contributed by atoms with E-state index in [2.05, 4.69) is 4.98 Å². The highest BCUT2D eigenvalue weighted by molar-refractivity contribution is 5.98. The SMILES string of the molecule is COc1ccc(C2(C(=O)N3CCCN3C(=O)c3cccnc3F)CC2)cc1. The number of methoxy groups -OCH3 is 1. The number of carbonyl (C=O) groups is 2. The van der Waals surface area contributed by atoms with Crippen molar-refractivity contribution >= 4 is 11.8 Å². The average molecular weight is 369 g/mol. The Bertz CT molecular complexity index is 880. The molecule has 2 aliphatic rings. The maximum absolute atomic E-state index is 13.9. The van der Waals surface area contributed by atoms with Gasteiger partial charge < -0.3 is 4.74 Å². The lowest BCUT2D eigenvalue weighted by molar-refractivity contribution is -0.143. The van der Waals surface area contributed by atoms with E-state index in [4.69, 9.17) is 4.74 Å². The fourth-order valence-electron chi connectivity index (χ4n) is 3.63. The van der Waals surface area contributed by atoms with Crippen LogP contribution in [0.5, 0.6) is 5.75 Å². The molecule has 0 N–H and O–H groups in total. The fraction of sp³-hybridized carbons (Fsp3) is 0.350. The summed E-state index contributed by atoms with van der Waals surface area (Å²) in [6, 6.07) is 10.4. The zero-order valence-electron chi connectivity index (χ0n) is 15.0. The standard InChI is InChI=1S/C20H20FN3O3/c1-27-15-7-5-14(6-8-15)20(9-10-20)19(26)24-13-3-12-23(24)18(25)16-4-2-11-22-17(16)21/h2,4-8,11H,3,9-10,12-13H2,1H3. The van der Waals surface area contributed by atoms with Crippen molar-refractivity contribution < 1.29 is 18.7 Å². The van der Waals surface area contributed by atoms with Gasteiger partial charge in [-0.3, -0.25) is 14.6 Å². The summed E-state index contributed by atoms with van der Waals surface area (Å²) in [6.07, 6.45) is 3.43. The topological polar surface area (TPSA) is 62.7 Å². The van der Waals surface area contributed by atoms with Crippen LogP contribution >= 0.6 is 0 Å². The Labute approximate surface area is 156 Å². The lowest BCUT2D eigenvalue weighted by atomic mass is 9.94. The number of halogens is 1. The van der Waals surface area contributed by atoms with Crippen LogP contribution in [0, 0.1) is 5.95 Å². The van der Waals surface area contributed by atoms with E-state index in [9.17, 15) is 14.0 Å². The normalized spacial score (nSPS) is 17.7. The van der Waals surface area contributed by atoms with Crippen LogP contribution in [0.3, 0.4) is 0 Å². The summed E-state index contributed by atoms with van der Waals surface area (Å²) in [5.41, 5.74) is 0.189. The number of benzene rings is 1. The quantitative estimate of drug-likeness (QED) is 0.777. The van der Waals surface area contributed by atoms with Gasteiger partial charge in [-0.25, -0.2) is 9.99 Å². The van der Waals surface area contributed by atoms with Gasteiger partial charge in [0.1, 0.15) is 5.75 Å². The third-order valence-corrected chi connectivity index (χ3v) is 5.29. The summed E-state index contributed by atoms with van der Waals surface area (Å²) >= 11 is 0. The molecule has 140 valence electrons. The molecular weight excluding hydrogens is 349 g/mol. The van der Waals surface area contributed by atoms with Gasteiger partial charge in [0, 0.05) is 19.3 Å². The van der Waals surface area contributed by atoms with Crippen molar-refractivity contribution in [2.75, 3.05) is 20.2 Å². The fourth-order valence-corrected chi connectivity index (χ4v) is 3.63. The van der Waals surface area contributed by atoms with Gasteiger partial charge in [-0.1, -0.05) is 12.1 Å². The number of ether oxygens (including phenoxy) is 1. The van der Waals surface area contributed by atoms with Crippen molar-refractivity contribution in [3.05, 3.63) is 59.7 Å². The second-order valence-electron chi connectivity index (χ2n) is 6.86. The molecule has 1 aromatic heterocycles. The zero-order chi connectivity index (χ0) is 19.0. The minimum atomic E-state index is -0.821. The van der Waals surface area contributed by atoms with Gasteiger partial charge in [0.25, 0.3) is 11.8 Å². The minimum Gasteiger partial charge on any atom is -0.497 e. The second-order valence-corrected chi connectivity index (χ2v) is 6.86. The molecule has 6 nitrogen and oxygen atoms in total. The van der Waals surface area contributed by atoms with E-state index in [-0.39, 0.29) is 11.5 Å². The van der Waals surface area contributed by atoms with Gasteiger partial charge >= 0.3 is 0 Å². The van der Waals surface area contributed by atoms with Gasteiger partial charge in [-0.15, -0.1) is 0 Å². The number of pyridine rings is 1.